The van der Waals surface area contributed by atoms with Gasteiger partial charge in [-0.2, -0.15) is 10.2 Å². The Kier molecular flexibility index (Phi) is 12.8. The van der Waals surface area contributed by atoms with Gasteiger partial charge in [-0.05, 0) is 55.5 Å². The fraction of sp³-hybridized carbons (Fsp3) is 0.583. The van der Waals surface area contributed by atoms with Gasteiger partial charge < -0.3 is 29.2 Å². The van der Waals surface area contributed by atoms with Crippen LogP contribution in [0.2, 0.25) is 0 Å². The minimum absolute atomic E-state index is 0.151. The van der Waals surface area contributed by atoms with Crippen molar-refractivity contribution in [2.24, 2.45) is 11.8 Å². The Morgan fingerprint density at radius 2 is 1.63 bits per heavy atom. The van der Waals surface area contributed by atoms with Crippen LogP contribution in [0.3, 0.4) is 0 Å². The maximum absolute atomic E-state index is 14.6. The van der Waals surface area contributed by atoms with Crippen LogP contribution in [0.1, 0.15) is 86.9 Å². The number of benzene rings is 1. The van der Waals surface area contributed by atoms with Crippen molar-refractivity contribution < 1.29 is 46.9 Å². The number of hydrogen-bond acceptors (Lipinski definition) is 13. The molecule has 3 aromatic rings. The Labute approximate surface area is 304 Å². The monoisotopic (exact) mass is 745 g/mol. The van der Waals surface area contributed by atoms with Crippen molar-refractivity contribution in [2.45, 2.75) is 111 Å². The molecule has 1 aromatic carbocycles. The number of nitrogen functional groups attached to an aromatic ring is 1. The van der Waals surface area contributed by atoms with Crippen LogP contribution < -0.4 is 15.3 Å². The first-order valence-corrected chi connectivity index (χ1v) is 19.0. The summed E-state index contributed by atoms with van der Waals surface area (Å²) in [5.74, 6) is -2.52. The molecule has 3 heterocycles. The zero-order chi connectivity index (χ0) is 38.6. The molecule has 1 unspecified atom stereocenters. The minimum atomic E-state index is -4.40. The summed E-state index contributed by atoms with van der Waals surface area (Å²) in [6, 6.07) is 9.28. The number of carbonyl (C=O) groups is 3. The van der Waals surface area contributed by atoms with Gasteiger partial charge in [0.05, 0.1) is 30.7 Å². The van der Waals surface area contributed by atoms with Crippen molar-refractivity contribution in [3.8, 4) is 5.75 Å². The van der Waals surface area contributed by atoms with Gasteiger partial charge >= 0.3 is 25.7 Å². The standard InChI is InChI=1S/C36H52N5O10P/c1-11-18-46-34(44)23(6)40-52(45,51-25-14-12-24(13-15-25)35(7,8)9)47-19-27-29(48-32(42)21(2)3)30(49-33(43)22(4)5)36(10,50-27)28-17-16-26-31(37)38-20-39-41(26)28/h12-17,20-23,27,29-30H,11,18-19H2,1-10H3,(H,40,45)(H2,37,38,39)/t23-,27+,29+,30+,36-,52?/m0/s1. The van der Waals surface area contributed by atoms with Crippen LogP contribution in [-0.4, -0.2) is 70.1 Å². The molecule has 3 N–H and O–H groups in total. The molecule has 0 amide bonds. The predicted molar refractivity (Wildman–Crippen MR) is 192 cm³/mol. The lowest BCUT2D eigenvalue weighted by molar-refractivity contribution is -0.175. The van der Waals surface area contributed by atoms with E-state index in [1.165, 1.54) is 17.8 Å². The number of esters is 3. The summed E-state index contributed by atoms with van der Waals surface area (Å²) in [5, 5.41) is 7.03. The third-order valence-electron chi connectivity index (χ3n) is 8.54. The molecule has 0 radical (unpaired) electrons. The maximum Gasteiger partial charge on any atom is 0.459 e. The number of ether oxygens (including phenoxy) is 4. The molecule has 15 nitrogen and oxygen atoms in total. The average Bonchev–Trinajstić information content (AvgIpc) is 3.63. The molecule has 286 valence electrons. The number of carbonyl (C=O) groups excluding carboxylic acids is 3. The lowest BCUT2D eigenvalue weighted by Gasteiger charge is -2.31. The van der Waals surface area contributed by atoms with Gasteiger partial charge in [-0.25, -0.2) is 14.1 Å². The lowest BCUT2D eigenvalue weighted by atomic mass is 9.87. The van der Waals surface area contributed by atoms with Gasteiger partial charge in [0.25, 0.3) is 0 Å². The molecular weight excluding hydrogens is 693 g/mol. The van der Waals surface area contributed by atoms with Crippen LogP contribution >= 0.6 is 7.75 Å². The number of rotatable bonds is 15. The molecule has 52 heavy (non-hydrogen) atoms. The average molecular weight is 746 g/mol. The number of nitrogens with one attached hydrogen (secondary N) is 1. The number of nitrogens with zero attached hydrogens (tertiary/aromatic N) is 3. The summed E-state index contributed by atoms with van der Waals surface area (Å²) >= 11 is 0. The number of nitrogens with two attached hydrogens (primary N) is 1. The molecule has 0 saturated carbocycles. The zero-order valence-corrected chi connectivity index (χ0v) is 32.5. The molecule has 0 bridgehead atoms. The summed E-state index contributed by atoms with van der Waals surface area (Å²) in [5.41, 5.74) is 6.36. The first-order valence-electron chi connectivity index (χ1n) is 17.5. The first kappa shape index (κ1) is 40.7. The smallest absolute Gasteiger partial charge is 0.459 e. The van der Waals surface area contributed by atoms with E-state index in [0.717, 1.165) is 5.56 Å². The van der Waals surface area contributed by atoms with Crippen molar-refractivity contribution in [2.75, 3.05) is 18.9 Å². The van der Waals surface area contributed by atoms with E-state index in [2.05, 4.69) is 35.9 Å². The van der Waals surface area contributed by atoms with Gasteiger partial charge in [0, 0.05) is 0 Å². The van der Waals surface area contributed by atoms with Gasteiger partial charge in [0.1, 0.15) is 35.3 Å². The van der Waals surface area contributed by atoms with Crippen LogP contribution in [0.4, 0.5) is 5.82 Å². The molecule has 0 aliphatic carbocycles. The number of hydrogen-bond donors (Lipinski definition) is 2. The van der Waals surface area contributed by atoms with E-state index in [4.69, 9.17) is 33.7 Å². The van der Waals surface area contributed by atoms with Crippen LogP contribution in [0, 0.1) is 11.8 Å². The quantitative estimate of drug-likeness (QED) is 0.113. The van der Waals surface area contributed by atoms with Gasteiger partial charge in [0.15, 0.2) is 18.0 Å². The van der Waals surface area contributed by atoms with E-state index in [1.807, 2.05) is 19.1 Å². The largest absolute Gasteiger partial charge is 0.465 e. The summed E-state index contributed by atoms with van der Waals surface area (Å²) < 4.78 is 52.0. The fourth-order valence-electron chi connectivity index (χ4n) is 5.50. The molecule has 1 aliphatic heterocycles. The zero-order valence-electron chi connectivity index (χ0n) is 31.6. The molecule has 0 spiro atoms. The Morgan fingerprint density at radius 3 is 2.23 bits per heavy atom. The van der Waals surface area contributed by atoms with E-state index < -0.39 is 74.1 Å². The molecule has 16 heteroatoms. The normalized spacial score (nSPS) is 22.3. The highest BCUT2D eigenvalue weighted by Gasteiger charge is 2.59. The molecule has 1 saturated heterocycles. The van der Waals surface area contributed by atoms with Crippen molar-refractivity contribution in [3.63, 3.8) is 0 Å². The summed E-state index contributed by atoms with van der Waals surface area (Å²) in [6.07, 6.45) is -1.79. The highest BCUT2D eigenvalue weighted by molar-refractivity contribution is 7.52. The topological polar surface area (TPSA) is 192 Å². The molecule has 2 aromatic heterocycles. The third-order valence-corrected chi connectivity index (χ3v) is 10.2. The lowest BCUT2D eigenvalue weighted by Crippen LogP contribution is -2.46. The SMILES string of the molecule is CCCOC(=O)[C@H](C)NP(=O)(OC[C@H]1O[C@@](C)(c2ccc3c(N)ncnn23)[C@H](OC(=O)C(C)C)[C@@H]1OC(=O)C(C)C)Oc1ccc(C(C)(C)C)cc1. The van der Waals surface area contributed by atoms with E-state index >= 15 is 0 Å². The van der Waals surface area contributed by atoms with Gasteiger partial charge in [0.2, 0.25) is 0 Å². The van der Waals surface area contributed by atoms with E-state index in [9.17, 15) is 18.9 Å². The number of anilines is 1. The Bertz CT molecular complexity index is 1770. The second kappa shape index (κ2) is 16.3. The second-order valence-corrected chi connectivity index (χ2v) is 16.4. The van der Waals surface area contributed by atoms with Crippen molar-refractivity contribution >= 4 is 37.0 Å². The second-order valence-electron chi connectivity index (χ2n) is 14.7. The van der Waals surface area contributed by atoms with Crippen molar-refractivity contribution in [1.29, 1.82) is 0 Å². The molecular formula is C36H52N5O10P. The highest BCUT2D eigenvalue weighted by atomic mass is 31.2. The number of aromatic nitrogens is 3. The molecule has 1 fully saturated rings. The predicted octanol–water partition coefficient (Wildman–Crippen LogP) is 5.49. The van der Waals surface area contributed by atoms with E-state index in [1.54, 1.807) is 58.9 Å². The van der Waals surface area contributed by atoms with Gasteiger partial charge in [-0.1, -0.05) is 67.5 Å². The Hall–Kier alpha value is -4.04. The molecule has 4 rings (SSSR count). The highest BCUT2D eigenvalue weighted by Crippen LogP contribution is 2.49. The van der Waals surface area contributed by atoms with E-state index in [-0.39, 0.29) is 23.6 Å². The fourth-order valence-corrected chi connectivity index (χ4v) is 7.01. The maximum atomic E-state index is 14.6. The Morgan fingerprint density at radius 1 is 1.00 bits per heavy atom. The van der Waals surface area contributed by atoms with Crippen LogP contribution in [0.5, 0.6) is 5.75 Å². The minimum Gasteiger partial charge on any atom is -0.465 e. The van der Waals surface area contributed by atoms with Crippen molar-refractivity contribution in [3.05, 3.63) is 54.0 Å². The molecule has 1 aliphatic rings. The third kappa shape index (κ3) is 9.30. The first-order chi connectivity index (χ1) is 24.3. The summed E-state index contributed by atoms with van der Waals surface area (Å²) in [4.78, 5) is 43.2. The van der Waals surface area contributed by atoms with Crippen LogP contribution in [-0.2, 0) is 53.4 Å². The van der Waals surface area contributed by atoms with Crippen molar-refractivity contribution in [1.82, 2.24) is 19.7 Å². The van der Waals surface area contributed by atoms with Crippen LogP contribution in [0.15, 0.2) is 42.7 Å². The Balaban J connectivity index is 1.75. The summed E-state index contributed by atoms with van der Waals surface area (Å²) in [6.45, 7) is 17.5. The van der Waals surface area contributed by atoms with Crippen LogP contribution in [0.25, 0.3) is 5.52 Å². The van der Waals surface area contributed by atoms with E-state index in [0.29, 0.717) is 17.6 Å². The van der Waals surface area contributed by atoms with Gasteiger partial charge in [-0.15, -0.1) is 0 Å². The van der Waals surface area contributed by atoms with Gasteiger partial charge in [-0.3, -0.25) is 18.9 Å². The number of fused-ring (bicyclic) bond motifs is 1. The molecule has 6 atom stereocenters. The summed E-state index contributed by atoms with van der Waals surface area (Å²) in [7, 11) is -4.40.